The van der Waals surface area contributed by atoms with Crippen LogP contribution in [0.15, 0.2) is 33.8 Å². The first-order chi connectivity index (χ1) is 13.9. The first kappa shape index (κ1) is 21.6. The molecule has 0 unspecified atom stereocenters. The maximum Gasteiger partial charge on any atom is 0.293 e. The molecule has 1 aliphatic rings. The lowest BCUT2D eigenvalue weighted by Gasteiger charge is -2.07. The van der Waals surface area contributed by atoms with Crippen LogP contribution in [0, 0.1) is 0 Å². The first-order valence-corrected chi connectivity index (χ1v) is 10.8. The molecule has 0 aliphatic carbocycles. The van der Waals surface area contributed by atoms with Gasteiger partial charge in [-0.3, -0.25) is 19.3 Å². The summed E-state index contributed by atoms with van der Waals surface area (Å²) in [5.74, 6) is -0.381. The average Bonchev–Trinajstić information content (AvgIpc) is 3.15. The quantitative estimate of drug-likeness (QED) is 0.461. The van der Waals surface area contributed by atoms with Crippen LogP contribution in [0.25, 0.3) is 17.0 Å². The third kappa shape index (κ3) is 4.91. The van der Waals surface area contributed by atoms with E-state index in [9.17, 15) is 14.4 Å². The van der Waals surface area contributed by atoms with E-state index >= 15 is 0 Å². The number of nitrogens with one attached hydrogen (secondary N) is 1. The van der Waals surface area contributed by atoms with Gasteiger partial charge in [0.2, 0.25) is 5.91 Å². The fraction of sp³-hybridized carbons (Fsp3) is 0.350. The Morgan fingerprint density at radius 2 is 2.14 bits per heavy atom. The summed E-state index contributed by atoms with van der Waals surface area (Å²) in [5, 5.41) is 3.51. The van der Waals surface area contributed by atoms with E-state index in [4.69, 9.17) is 4.74 Å². The van der Waals surface area contributed by atoms with Crippen LogP contribution in [-0.4, -0.2) is 53.3 Å². The molecule has 0 saturated carbocycles. The summed E-state index contributed by atoms with van der Waals surface area (Å²) in [4.78, 5) is 38.3. The van der Waals surface area contributed by atoms with Crippen molar-refractivity contribution in [3.63, 3.8) is 0 Å². The molecule has 3 amide bonds. The second-order valence-electron chi connectivity index (χ2n) is 6.50. The molecule has 2 heterocycles. The number of methoxy groups -OCH3 is 1. The zero-order valence-corrected chi connectivity index (χ0v) is 18.6. The largest absolute Gasteiger partial charge is 0.385 e. The summed E-state index contributed by atoms with van der Waals surface area (Å²) in [6.07, 6.45) is 4.31. The van der Waals surface area contributed by atoms with Crippen molar-refractivity contribution in [1.29, 1.82) is 0 Å². The van der Waals surface area contributed by atoms with Crippen LogP contribution in [0.1, 0.15) is 18.9 Å². The van der Waals surface area contributed by atoms with Crippen molar-refractivity contribution >= 4 is 61.7 Å². The van der Waals surface area contributed by atoms with Crippen LogP contribution >= 0.6 is 27.7 Å². The Balaban J connectivity index is 1.88. The number of aromatic nitrogens is 1. The number of ether oxygens (including phenoxy) is 1. The number of carbonyl (C=O) groups is 3. The van der Waals surface area contributed by atoms with Gasteiger partial charge in [-0.2, -0.15) is 0 Å². The van der Waals surface area contributed by atoms with E-state index in [1.54, 1.807) is 20.1 Å². The molecule has 1 N–H and O–H groups in total. The monoisotopic (exact) mass is 479 g/mol. The fourth-order valence-electron chi connectivity index (χ4n) is 3.11. The molecule has 9 heteroatoms. The van der Waals surface area contributed by atoms with Gasteiger partial charge < -0.3 is 14.6 Å². The van der Waals surface area contributed by atoms with E-state index < -0.39 is 0 Å². The predicted octanol–water partition coefficient (Wildman–Crippen LogP) is 3.61. The van der Waals surface area contributed by atoms with Crippen molar-refractivity contribution < 1.29 is 19.1 Å². The summed E-state index contributed by atoms with van der Waals surface area (Å²) >= 11 is 4.41. The Hall–Kier alpha value is -2.10. The van der Waals surface area contributed by atoms with Crippen LogP contribution in [0.2, 0.25) is 0 Å². The van der Waals surface area contributed by atoms with E-state index in [2.05, 4.69) is 21.2 Å². The van der Waals surface area contributed by atoms with Crippen molar-refractivity contribution in [1.82, 2.24) is 14.8 Å². The van der Waals surface area contributed by atoms with Gasteiger partial charge in [-0.05, 0) is 49.4 Å². The molecule has 1 aromatic carbocycles. The number of thioether (sulfide) groups is 1. The number of likely N-dealkylation sites (N-methyl/N-ethyl adjacent to an activating group) is 1. The van der Waals surface area contributed by atoms with E-state index in [1.807, 2.05) is 29.0 Å². The van der Waals surface area contributed by atoms with Crippen LogP contribution < -0.4 is 5.32 Å². The third-order valence-electron chi connectivity index (χ3n) is 4.51. The Kier molecular flexibility index (Phi) is 7.15. The smallest absolute Gasteiger partial charge is 0.293 e. The van der Waals surface area contributed by atoms with Gasteiger partial charge in [0.05, 0.1) is 4.91 Å². The summed E-state index contributed by atoms with van der Waals surface area (Å²) in [6, 6.07) is 5.77. The Labute approximate surface area is 181 Å². The van der Waals surface area contributed by atoms with Crippen molar-refractivity contribution in [3.8, 4) is 0 Å². The van der Waals surface area contributed by atoms with Gasteiger partial charge in [0, 0.05) is 53.9 Å². The number of fused-ring (bicyclic) bond motifs is 1. The van der Waals surface area contributed by atoms with Crippen molar-refractivity contribution in [2.45, 2.75) is 19.9 Å². The molecule has 2 aromatic rings. The van der Waals surface area contributed by atoms with Gasteiger partial charge in [-0.15, -0.1) is 0 Å². The minimum Gasteiger partial charge on any atom is -0.385 e. The molecule has 1 fully saturated rings. The highest BCUT2D eigenvalue weighted by atomic mass is 79.9. The van der Waals surface area contributed by atoms with Gasteiger partial charge in [0.15, 0.2) is 0 Å². The highest BCUT2D eigenvalue weighted by Crippen LogP contribution is 2.34. The minimum absolute atomic E-state index is 0.0984. The van der Waals surface area contributed by atoms with Crippen molar-refractivity contribution in [3.05, 3.63) is 39.3 Å². The number of hydrogen-bond donors (Lipinski definition) is 1. The molecule has 1 aliphatic heterocycles. The number of halogens is 1. The summed E-state index contributed by atoms with van der Waals surface area (Å²) < 4.78 is 7.73. The first-order valence-electron chi connectivity index (χ1n) is 9.24. The van der Waals surface area contributed by atoms with Crippen molar-refractivity contribution in [2.75, 3.05) is 26.8 Å². The zero-order chi connectivity index (χ0) is 21.0. The molecular formula is C20H22BrN3O4S. The van der Waals surface area contributed by atoms with Gasteiger partial charge in [0.1, 0.15) is 6.54 Å². The topological polar surface area (TPSA) is 80.6 Å². The maximum atomic E-state index is 12.4. The van der Waals surface area contributed by atoms with E-state index in [1.165, 1.54) is 4.90 Å². The van der Waals surface area contributed by atoms with Crippen LogP contribution in [0.4, 0.5) is 4.79 Å². The van der Waals surface area contributed by atoms with Crippen molar-refractivity contribution in [2.24, 2.45) is 0 Å². The normalized spacial score (nSPS) is 15.7. The molecule has 154 valence electrons. The highest BCUT2D eigenvalue weighted by molar-refractivity contribution is 9.10. The fourth-order valence-corrected chi connectivity index (χ4v) is 4.37. The summed E-state index contributed by atoms with van der Waals surface area (Å²) in [7, 11) is 1.63. The molecule has 1 saturated heterocycles. The van der Waals surface area contributed by atoms with E-state index in [0.717, 1.165) is 39.1 Å². The van der Waals surface area contributed by atoms with Gasteiger partial charge in [0.25, 0.3) is 11.1 Å². The summed E-state index contributed by atoms with van der Waals surface area (Å²) in [5.41, 5.74) is 1.66. The number of amides is 3. The van der Waals surface area contributed by atoms with Gasteiger partial charge >= 0.3 is 0 Å². The second kappa shape index (κ2) is 9.60. The number of carbonyl (C=O) groups excluding carboxylic acids is 3. The van der Waals surface area contributed by atoms with E-state index in [0.29, 0.717) is 24.6 Å². The SMILES string of the molecule is CCN1C(=O)S/C(=C\c2cn(CC(=O)NCCCOC)c3ccc(Br)cc23)C1=O. The van der Waals surface area contributed by atoms with Gasteiger partial charge in [-0.25, -0.2) is 0 Å². The molecule has 0 spiro atoms. The van der Waals surface area contributed by atoms with E-state index in [-0.39, 0.29) is 23.6 Å². The molecule has 3 rings (SSSR count). The maximum absolute atomic E-state index is 12.4. The number of benzene rings is 1. The highest BCUT2D eigenvalue weighted by Gasteiger charge is 2.33. The zero-order valence-electron chi connectivity index (χ0n) is 16.2. The Morgan fingerprint density at radius 3 is 2.83 bits per heavy atom. The molecule has 0 radical (unpaired) electrons. The minimum atomic E-state index is -0.283. The number of rotatable bonds is 8. The molecular weight excluding hydrogens is 458 g/mol. The number of imide groups is 1. The lowest BCUT2D eigenvalue weighted by Crippen LogP contribution is -2.28. The molecule has 29 heavy (non-hydrogen) atoms. The summed E-state index contributed by atoms with van der Waals surface area (Å²) in [6.45, 7) is 3.42. The number of hydrogen-bond acceptors (Lipinski definition) is 5. The van der Waals surface area contributed by atoms with Crippen LogP contribution in [0.3, 0.4) is 0 Å². The third-order valence-corrected chi connectivity index (χ3v) is 5.91. The Bertz CT molecular complexity index is 986. The molecule has 1 aromatic heterocycles. The lowest BCUT2D eigenvalue weighted by molar-refractivity contribution is -0.123. The molecule has 7 nitrogen and oxygen atoms in total. The molecule has 0 bridgehead atoms. The van der Waals surface area contributed by atoms with Crippen LogP contribution in [-0.2, 0) is 20.9 Å². The second-order valence-corrected chi connectivity index (χ2v) is 8.40. The average molecular weight is 480 g/mol. The Morgan fingerprint density at radius 1 is 1.34 bits per heavy atom. The van der Waals surface area contributed by atoms with Gasteiger partial charge in [-0.1, -0.05) is 15.9 Å². The van der Waals surface area contributed by atoms with Crippen LogP contribution in [0.5, 0.6) is 0 Å². The molecule has 0 atom stereocenters. The lowest BCUT2D eigenvalue weighted by atomic mass is 10.1. The standard InChI is InChI=1S/C20H22BrN3O4S/c1-3-24-19(26)17(29-20(24)27)9-13-11-23(12-18(25)22-7-4-8-28-2)16-6-5-14(21)10-15(13)16/h5-6,9-11H,3-4,7-8,12H2,1-2H3,(H,22,25)/b17-9-. The number of nitrogens with zero attached hydrogens (tertiary/aromatic N) is 2. The predicted molar refractivity (Wildman–Crippen MR) is 117 cm³/mol.